The summed E-state index contributed by atoms with van der Waals surface area (Å²) in [6.07, 6.45) is 1.60. The molecule has 0 saturated heterocycles. The average Bonchev–Trinajstić information content (AvgIpc) is 2.55. The number of nitrogens with zero attached hydrogens (tertiary/aromatic N) is 1. The molecule has 0 aliphatic heterocycles. The summed E-state index contributed by atoms with van der Waals surface area (Å²) in [5, 5.41) is 0.572. The summed E-state index contributed by atoms with van der Waals surface area (Å²) < 4.78 is 14.0. The first-order chi connectivity index (χ1) is 12.6. The van der Waals surface area contributed by atoms with Crippen LogP contribution in [0.15, 0.2) is 35.3 Å². The Balaban J connectivity index is 2.18. The Morgan fingerprint density at radius 2 is 2.04 bits per heavy atom. The fourth-order valence-electron chi connectivity index (χ4n) is 3.15. The van der Waals surface area contributed by atoms with Gasteiger partial charge in [-0.3, -0.25) is 14.6 Å². The van der Waals surface area contributed by atoms with Gasteiger partial charge in [0.05, 0.1) is 16.6 Å². The quantitative estimate of drug-likeness (QED) is 0.710. The number of carbonyl (C=O) groups is 1. The zero-order valence-corrected chi connectivity index (χ0v) is 15.9. The molecule has 2 aromatic heterocycles. The number of nitrogens with one attached hydrogen (secondary N) is 1. The molecule has 27 heavy (non-hydrogen) atoms. The van der Waals surface area contributed by atoms with Crippen molar-refractivity contribution in [3.8, 4) is 11.3 Å². The van der Waals surface area contributed by atoms with E-state index in [0.717, 1.165) is 11.1 Å². The highest BCUT2D eigenvalue weighted by Crippen LogP contribution is 2.31. The molecule has 1 amide bonds. The van der Waals surface area contributed by atoms with Crippen LogP contribution in [0.5, 0.6) is 0 Å². The second-order valence-electron chi connectivity index (χ2n) is 7.15. The van der Waals surface area contributed by atoms with Crippen LogP contribution >= 0.6 is 11.6 Å². The van der Waals surface area contributed by atoms with E-state index in [0.29, 0.717) is 21.8 Å². The van der Waals surface area contributed by atoms with Crippen molar-refractivity contribution in [3.63, 3.8) is 0 Å². The predicted molar refractivity (Wildman–Crippen MR) is 105 cm³/mol. The van der Waals surface area contributed by atoms with E-state index in [-0.39, 0.29) is 22.9 Å². The van der Waals surface area contributed by atoms with E-state index in [1.165, 1.54) is 26.1 Å². The van der Waals surface area contributed by atoms with Gasteiger partial charge in [0, 0.05) is 29.3 Å². The molecule has 0 radical (unpaired) electrons. The number of hydrogen-bond donors (Lipinski definition) is 2. The summed E-state index contributed by atoms with van der Waals surface area (Å²) in [4.78, 5) is 31.2. The lowest BCUT2D eigenvalue weighted by molar-refractivity contribution is 0.0997. The first-order valence-corrected chi connectivity index (χ1v) is 8.75. The molecule has 0 fully saturated rings. The lowest BCUT2D eigenvalue weighted by Gasteiger charge is -2.17. The van der Waals surface area contributed by atoms with Gasteiger partial charge in [-0.25, -0.2) is 4.39 Å². The Hall–Kier alpha value is -2.73. The van der Waals surface area contributed by atoms with Crippen molar-refractivity contribution in [1.29, 1.82) is 0 Å². The second kappa shape index (κ2) is 6.78. The number of hydrogen-bond acceptors (Lipinski definition) is 3. The van der Waals surface area contributed by atoms with Gasteiger partial charge in [0.2, 0.25) is 0 Å². The molecule has 3 rings (SSSR count). The number of H-pyrrole nitrogens is 1. The van der Waals surface area contributed by atoms with Crippen LogP contribution in [0, 0.1) is 6.92 Å². The van der Waals surface area contributed by atoms with Crippen molar-refractivity contribution >= 4 is 28.4 Å². The zero-order valence-electron chi connectivity index (χ0n) is 15.2. The van der Waals surface area contributed by atoms with E-state index in [1.807, 2.05) is 13.0 Å². The number of pyridine rings is 2. The van der Waals surface area contributed by atoms with Crippen LogP contribution in [0.25, 0.3) is 22.2 Å². The van der Waals surface area contributed by atoms with Crippen molar-refractivity contribution in [2.24, 2.45) is 5.73 Å². The van der Waals surface area contributed by atoms with Gasteiger partial charge in [-0.15, -0.1) is 0 Å². The number of halogens is 2. The van der Waals surface area contributed by atoms with Gasteiger partial charge < -0.3 is 10.7 Å². The van der Waals surface area contributed by atoms with Gasteiger partial charge in [0.25, 0.3) is 5.91 Å². The van der Waals surface area contributed by atoms with Crippen molar-refractivity contribution in [2.75, 3.05) is 0 Å². The number of carbonyl (C=O) groups excluding carboxylic acids is 1. The normalized spacial score (nSPS) is 11.7. The molecular formula is C20H19ClFN3O2. The molecule has 5 nitrogen and oxygen atoms in total. The second-order valence-corrected chi connectivity index (χ2v) is 7.55. The van der Waals surface area contributed by atoms with Gasteiger partial charge in [-0.2, -0.15) is 0 Å². The SMILES string of the molecule is Cc1cc(CC(C)(C)F)c(Cl)cc1-c1cc(=O)c2c(C(N)=O)nccc2[nH]1. The first kappa shape index (κ1) is 19.0. The van der Waals surface area contributed by atoms with E-state index in [1.54, 1.807) is 12.1 Å². The number of aryl methyl sites for hydroxylation is 1. The van der Waals surface area contributed by atoms with Crippen LogP contribution < -0.4 is 11.2 Å². The average molecular weight is 388 g/mol. The molecule has 0 spiro atoms. The van der Waals surface area contributed by atoms with E-state index in [4.69, 9.17) is 17.3 Å². The third-order valence-electron chi connectivity index (χ3n) is 4.27. The molecule has 0 bridgehead atoms. The Bertz CT molecular complexity index is 1120. The fraction of sp³-hybridized carbons (Fsp3) is 0.250. The smallest absolute Gasteiger partial charge is 0.268 e. The summed E-state index contributed by atoms with van der Waals surface area (Å²) in [6, 6.07) is 6.52. The van der Waals surface area contributed by atoms with Gasteiger partial charge in [-0.05, 0) is 44.0 Å². The molecule has 1 aromatic carbocycles. The molecule has 7 heteroatoms. The number of rotatable bonds is 4. The highest BCUT2D eigenvalue weighted by atomic mass is 35.5. The monoisotopic (exact) mass is 387 g/mol. The number of aromatic amines is 1. The summed E-state index contributed by atoms with van der Waals surface area (Å²) in [5.74, 6) is -0.767. The number of alkyl halides is 1. The number of aromatic nitrogens is 2. The Kier molecular flexibility index (Phi) is 4.78. The number of fused-ring (bicyclic) bond motifs is 1. The van der Waals surface area contributed by atoms with Crippen LogP contribution in [0.4, 0.5) is 4.39 Å². The molecular weight excluding hydrogens is 369 g/mol. The van der Waals surface area contributed by atoms with Crippen molar-refractivity contribution in [3.05, 3.63) is 62.5 Å². The highest BCUT2D eigenvalue weighted by molar-refractivity contribution is 6.31. The van der Waals surface area contributed by atoms with Crippen LogP contribution in [0.3, 0.4) is 0 Å². The number of primary amides is 1. The third kappa shape index (κ3) is 3.85. The van der Waals surface area contributed by atoms with Crippen LogP contribution in [0.1, 0.15) is 35.5 Å². The van der Waals surface area contributed by atoms with Crippen molar-refractivity contribution in [2.45, 2.75) is 32.9 Å². The maximum atomic E-state index is 14.0. The summed E-state index contributed by atoms with van der Waals surface area (Å²) >= 11 is 6.35. The van der Waals surface area contributed by atoms with Gasteiger partial charge in [0.1, 0.15) is 11.4 Å². The summed E-state index contributed by atoms with van der Waals surface area (Å²) in [5.41, 5.74) is 6.74. The molecule has 3 N–H and O–H groups in total. The summed E-state index contributed by atoms with van der Waals surface area (Å²) in [7, 11) is 0. The Labute approximate surface area is 160 Å². The maximum absolute atomic E-state index is 14.0. The maximum Gasteiger partial charge on any atom is 0.268 e. The minimum atomic E-state index is -1.38. The minimum absolute atomic E-state index is 0.0735. The molecule has 140 valence electrons. The topological polar surface area (TPSA) is 88.8 Å². The lowest BCUT2D eigenvalue weighted by Crippen LogP contribution is -2.18. The van der Waals surface area contributed by atoms with Crippen LogP contribution in [-0.2, 0) is 6.42 Å². The standard InChI is InChI=1S/C20H19ClFN3O2/c1-10-6-11(9-20(2,3)22)13(21)7-12(10)15-8-16(26)17-14(25-15)4-5-24-18(17)19(23)27/h4-8H,9H2,1-3H3,(H2,23,27)(H,25,26). The number of benzene rings is 1. The first-order valence-electron chi connectivity index (χ1n) is 8.37. The van der Waals surface area contributed by atoms with Gasteiger partial charge >= 0.3 is 0 Å². The molecule has 2 heterocycles. The highest BCUT2D eigenvalue weighted by Gasteiger charge is 2.20. The molecule has 0 atom stereocenters. The number of nitrogens with two attached hydrogens (primary N) is 1. The molecule has 0 aliphatic rings. The zero-order chi connectivity index (χ0) is 19.9. The van der Waals surface area contributed by atoms with Gasteiger partial charge in [-0.1, -0.05) is 17.7 Å². The largest absolute Gasteiger partial charge is 0.364 e. The van der Waals surface area contributed by atoms with Crippen LogP contribution in [0.2, 0.25) is 5.02 Å². The Morgan fingerprint density at radius 3 is 2.67 bits per heavy atom. The molecule has 0 aliphatic carbocycles. The van der Waals surface area contributed by atoms with Crippen molar-refractivity contribution < 1.29 is 9.18 Å². The van der Waals surface area contributed by atoms with E-state index in [9.17, 15) is 14.0 Å². The minimum Gasteiger partial charge on any atom is -0.364 e. The Morgan fingerprint density at radius 1 is 1.33 bits per heavy atom. The molecule has 3 aromatic rings. The van der Waals surface area contributed by atoms with E-state index < -0.39 is 11.6 Å². The third-order valence-corrected chi connectivity index (χ3v) is 4.62. The predicted octanol–water partition coefficient (Wildman–Crippen LogP) is 3.94. The number of amides is 1. The van der Waals surface area contributed by atoms with Crippen molar-refractivity contribution in [1.82, 2.24) is 9.97 Å². The lowest BCUT2D eigenvalue weighted by atomic mass is 9.95. The van der Waals surface area contributed by atoms with Gasteiger partial charge in [0.15, 0.2) is 5.43 Å². The van der Waals surface area contributed by atoms with E-state index >= 15 is 0 Å². The van der Waals surface area contributed by atoms with Crippen LogP contribution in [-0.4, -0.2) is 21.5 Å². The molecule has 0 saturated carbocycles. The summed E-state index contributed by atoms with van der Waals surface area (Å²) in [6.45, 7) is 4.86. The van der Waals surface area contributed by atoms with E-state index in [2.05, 4.69) is 9.97 Å². The molecule has 0 unspecified atom stereocenters. The fourth-order valence-corrected chi connectivity index (χ4v) is 3.38.